The standard InChI is InChI=1S/C13H12Br2N2O3S/c1-19-5-6-20-13-9(3-2-4-16-13)17-12(18)10-7-8(14)11(15)21-10/h2-4,7H,5-6H2,1H3,(H,17,18). The number of ether oxygens (including phenoxy) is 2. The molecule has 0 atom stereocenters. The number of halogens is 2. The lowest BCUT2D eigenvalue weighted by Gasteiger charge is -2.10. The maximum absolute atomic E-state index is 12.2. The van der Waals surface area contributed by atoms with E-state index in [-0.39, 0.29) is 5.91 Å². The fraction of sp³-hybridized carbons (Fsp3) is 0.231. The van der Waals surface area contributed by atoms with Crippen LogP contribution < -0.4 is 10.1 Å². The summed E-state index contributed by atoms with van der Waals surface area (Å²) in [7, 11) is 1.59. The van der Waals surface area contributed by atoms with Crippen LogP contribution in [0.4, 0.5) is 5.69 Å². The van der Waals surface area contributed by atoms with Gasteiger partial charge >= 0.3 is 0 Å². The molecule has 0 fully saturated rings. The zero-order valence-corrected chi connectivity index (χ0v) is 15.0. The molecule has 0 aliphatic carbocycles. The van der Waals surface area contributed by atoms with Crippen LogP contribution in [0.2, 0.25) is 0 Å². The molecule has 2 aromatic rings. The van der Waals surface area contributed by atoms with E-state index in [0.29, 0.717) is 29.7 Å². The van der Waals surface area contributed by atoms with Gasteiger partial charge in [0, 0.05) is 17.8 Å². The molecule has 5 nitrogen and oxygen atoms in total. The fourth-order valence-electron chi connectivity index (χ4n) is 1.47. The zero-order chi connectivity index (χ0) is 15.2. The van der Waals surface area contributed by atoms with Gasteiger partial charge in [-0.1, -0.05) is 0 Å². The first-order chi connectivity index (χ1) is 10.1. The molecule has 0 aliphatic rings. The molecule has 0 saturated heterocycles. The SMILES string of the molecule is COCCOc1ncccc1NC(=O)c1cc(Br)c(Br)s1. The van der Waals surface area contributed by atoms with Crippen molar-refractivity contribution in [1.29, 1.82) is 0 Å². The number of rotatable bonds is 6. The van der Waals surface area contributed by atoms with Crippen LogP contribution in [0.1, 0.15) is 9.67 Å². The molecule has 8 heteroatoms. The summed E-state index contributed by atoms with van der Waals surface area (Å²) in [6.07, 6.45) is 1.61. The average molecular weight is 436 g/mol. The Morgan fingerprint density at radius 3 is 2.90 bits per heavy atom. The van der Waals surface area contributed by atoms with Crippen LogP contribution in [-0.4, -0.2) is 31.2 Å². The number of carbonyl (C=O) groups is 1. The molecule has 0 spiro atoms. The summed E-state index contributed by atoms with van der Waals surface area (Å²) in [5.74, 6) is 0.161. The minimum atomic E-state index is -0.212. The Morgan fingerprint density at radius 1 is 1.43 bits per heavy atom. The largest absolute Gasteiger partial charge is 0.474 e. The number of hydrogen-bond donors (Lipinski definition) is 1. The van der Waals surface area contributed by atoms with Crippen molar-refractivity contribution in [2.45, 2.75) is 0 Å². The van der Waals surface area contributed by atoms with Crippen LogP contribution in [0, 0.1) is 0 Å². The first kappa shape index (κ1) is 16.4. The highest BCUT2D eigenvalue weighted by Gasteiger charge is 2.14. The molecule has 2 rings (SSSR count). The van der Waals surface area contributed by atoms with E-state index in [1.54, 1.807) is 31.5 Å². The van der Waals surface area contributed by atoms with Gasteiger partial charge in [-0.15, -0.1) is 11.3 Å². The second-order valence-corrected chi connectivity index (χ2v) is 7.11. The highest BCUT2D eigenvalue weighted by atomic mass is 79.9. The molecule has 0 unspecified atom stereocenters. The second-order valence-electron chi connectivity index (χ2n) is 3.88. The molecule has 2 heterocycles. The predicted molar refractivity (Wildman–Crippen MR) is 89.3 cm³/mol. The Morgan fingerprint density at radius 2 is 2.24 bits per heavy atom. The van der Waals surface area contributed by atoms with E-state index in [1.807, 2.05) is 0 Å². The number of thiophene rings is 1. The number of aromatic nitrogens is 1. The third kappa shape index (κ3) is 4.50. The maximum Gasteiger partial charge on any atom is 0.265 e. The minimum Gasteiger partial charge on any atom is -0.474 e. The first-order valence-electron chi connectivity index (χ1n) is 5.94. The molecular formula is C13H12Br2N2O3S. The van der Waals surface area contributed by atoms with E-state index < -0.39 is 0 Å². The van der Waals surface area contributed by atoms with Gasteiger partial charge in [0.15, 0.2) is 0 Å². The van der Waals surface area contributed by atoms with Gasteiger partial charge in [0.05, 0.1) is 15.3 Å². The summed E-state index contributed by atoms with van der Waals surface area (Å²) < 4.78 is 12.1. The van der Waals surface area contributed by atoms with Crippen molar-refractivity contribution in [3.05, 3.63) is 37.5 Å². The number of anilines is 1. The van der Waals surface area contributed by atoms with Crippen LogP contribution in [0.15, 0.2) is 32.7 Å². The molecular weight excluding hydrogens is 424 g/mol. The Hall–Kier alpha value is -0.960. The Balaban J connectivity index is 2.09. The molecule has 1 N–H and O–H groups in total. The molecule has 0 radical (unpaired) electrons. The molecule has 0 aromatic carbocycles. The number of nitrogens with one attached hydrogen (secondary N) is 1. The van der Waals surface area contributed by atoms with E-state index in [9.17, 15) is 4.79 Å². The minimum absolute atomic E-state index is 0.212. The summed E-state index contributed by atoms with van der Waals surface area (Å²) in [5.41, 5.74) is 0.527. The lowest BCUT2D eigenvalue weighted by atomic mass is 10.3. The van der Waals surface area contributed by atoms with Gasteiger partial charge in [0.2, 0.25) is 5.88 Å². The van der Waals surface area contributed by atoms with Crippen molar-refractivity contribution in [2.24, 2.45) is 0 Å². The molecule has 1 amide bonds. The van der Waals surface area contributed by atoms with Gasteiger partial charge in [0.1, 0.15) is 12.3 Å². The molecule has 21 heavy (non-hydrogen) atoms. The van der Waals surface area contributed by atoms with Crippen molar-refractivity contribution >= 4 is 54.8 Å². The summed E-state index contributed by atoms with van der Waals surface area (Å²) in [5, 5.41) is 2.80. The topological polar surface area (TPSA) is 60.5 Å². The lowest BCUT2D eigenvalue weighted by molar-refractivity contribution is 0.102. The number of hydrogen-bond acceptors (Lipinski definition) is 5. The molecule has 2 aromatic heterocycles. The fourth-order valence-corrected chi connectivity index (χ4v) is 3.40. The lowest BCUT2D eigenvalue weighted by Crippen LogP contribution is -2.13. The van der Waals surface area contributed by atoms with E-state index in [1.165, 1.54) is 11.3 Å². The monoisotopic (exact) mass is 434 g/mol. The molecule has 0 saturated carbocycles. The van der Waals surface area contributed by atoms with Crippen molar-refractivity contribution in [2.75, 3.05) is 25.6 Å². The van der Waals surface area contributed by atoms with Crippen LogP contribution in [0.3, 0.4) is 0 Å². The zero-order valence-electron chi connectivity index (χ0n) is 11.1. The second kappa shape index (κ2) is 7.88. The number of carbonyl (C=O) groups excluding carboxylic acids is 1. The summed E-state index contributed by atoms with van der Waals surface area (Å²) in [6, 6.07) is 5.23. The van der Waals surface area contributed by atoms with Gasteiger partial charge in [-0.25, -0.2) is 4.98 Å². The normalized spacial score (nSPS) is 10.4. The average Bonchev–Trinajstić information content (AvgIpc) is 2.81. The van der Waals surface area contributed by atoms with Gasteiger partial charge in [-0.05, 0) is 50.1 Å². The molecule has 0 bridgehead atoms. The Bertz CT molecular complexity index is 614. The van der Waals surface area contributed by atoms with Crippen molar-refractivity contribution in [1.82, 2.24) is 4.98 Å². The third-order valence-corrected chi connectivity index (χ3v) is 5.67. The van der Waals surface area contributed by atoms with Crippen LogP contribution in [0.5, 0.6) is 5.88 Å². The number of amides is 1. The van der Waals surface area contributed by atoms with Gasteiger partial charge in [-0.3, -0.25) is 4.79 Å². The van der Waals surface area contributed by atoms with E-state index >= 15 is 0 Å². The predicted octanol–water partition coefficient (Wildman–Crippen LogP) is 3.95. The van der Waals surface area contributed by atoms with Crippen molar-refractivity contribution in [3.8, 4) is 5.88 Å². The van der Waals surface area contributed by atoms with Crippen LogP contribution >= 0.6 is 43.2 Å². The van der Waals surface area contributed by atoms with Crippen molar-refractivity contribution < 1.29 is 14.3 Å². The third-order valence-electron chi connectivity index (χ3n) is 2.41. The smallest absolute Gasteiger partial charge is 0.265 e. The Labute approximate surface area is 142 Å². The highest BCUT2D eigenvalue weighted by Crippen LogP contribution is 2.33. The maximum atomic E-state index is 12.2. The van der Waals surface area contributed by atoms with Crippen LogP contribution in [-0.2, 0) is 4.74 Å². The van der Waals surface area contributed by atoms with Crippen molar-refractivity contribution in [3.63, 3.8) is 0 Å². The quantitative estimate of drug-likeness (QED) is 0.698. The first-order valence-corrected chi connectivity index (χ1v) is 8.35. The van der Waals surface area contributed by atoms with E-state index in [2.05, 4.69) is 42.2 Å². The van der Waals surface area contributed by atoms with Gasteiger partial charge in [-0.2, -0.15) is 0 Å². The van der Waals surface area contributed by atoms with E-state index in [4.69, 9.17) is 9.47 Å². The van der Waals surface area contributed by atoms with E-state index in [0.717, 1.165) is 8.26 Å². The number of pyridine rings is 1. The number of methoxy groups -OCH3 is 1. The van der Waals surface area contributed by atoms with Crippen LogP contribution in [0.25, 0.3) is 0 Å². The summed E-state index contributed by atoms with van der Waals surface area (Å²) in [6.45, 7) is 0.821. The number of nitrogens with zero attached hydrogens (tertiary/aromatic N) is 1. The molecule has 0 aliphatic heterocycles. The Kier molecular flexibility index (Phi) is 6.16. The summed E-state index contributed by atoms with van der Waals surface area (Å²) in [4.78, 5) is 16.9. The summed E-state index contributed by atoms with van der Waals surface area (Å²) >= 11 is 8.07. The van der Waals surface area contributed by atoms with Gasteiger partial charge in [0.25, 0.3) is 5.91 Å². The highest BCUT2D eigenvalue weighted by molar-refractivity contribution is 9.13. The molecule has 112 valence electrons. The van der Waals surface area contributed by atoms with Gasteiger partial charge < -0.3 is 14.8 Å².